The first-order chi connectivity index (χ1) is 13.6. The first kappa shape index (κ1) is 23.2. The normalized spacial score (nSPS) is 11.7. The second kappa shape index (κ2) is 10.1. The average molecular weight is 439 g/mol. The number of benzene rings is 2. The Bertz CT molecular complexity index is 942. The van der Waals surface area contributed by atoms with Crippen LogP contribution in [0.3, 0.4) is 0 Å². The Morgan fingerprint density at radius 1 is 1.07 bits per heavy atom. The number of sulfonamides is 1. The number of hydrogen-bond donors (Lipinski definition) is 2. The molecule has 0 saturated heterocycles. The molecule has 8 heteroatoms. The van der Waals surface area contributed by atoms with Crippen molar-refractivity contribution >= 4 is 33.2 Å². The van der Waals surface area contributed by atoms with Crippen LogP contribution in [0.5, 0.6) is 5.75 Å². The van der Waals surface area contributed by atoms with Crippen LogP contribution >= 0.6 is 11.6 Å². The lowest BCUT2D eigenvalue weighted by atomic mass is 10.0. The lowest BCUT2D eigenvalue weighted by molar-refractivity contribution is -0.118. The smallest absolute Gasteiger partial charge is 0.262 e. The second-order valence-corrected chi connectivity index (χ2v) is 9.63. The zero-order chi connectivity index (χ0) is 21.6. The monoisotopic (exact) mass is 438 g/mol. The van der Waals surface area contributed by atoms with E-state index < -0.39 is 10.0 Å². The summed E-state index contributed by atoms with van der Waals surface area (Å²) in [6.45, 7) is 8.11. The Morgan fingerprint density at radius 3 is 2.28 bits per heavy atom. The largest absolute Gasteiger partial charge is 0.482 e. The molecular weight excluding hydrogens is 412 g/mol. The molecule has 0 aliphatic carbocycles. The SMILES string of the molecule is CC(C)CNS(=O)(=O)c1ccc(OCC(=O)Nc2ccc(C(C)C)cc2)c(Cl)c1. The van der Waals surface area contributed by atoms with Gasteiger partial charge in [0.2, 0.25) is 10.0 Å². The Morgan fingerprint density at radius 2 is 1.72 bits per heavy atom. The maximum absolute atomic E-state index is 12.3. The Labute approximate surface area is 177 Å². The maximum Gasteiger partial charge on any atom is 0.262 e. The van der Waals surface area contributed by atoms with Crippen LogP contribution in [-0.2, 0) is 14.8 Å². The molecular formula is C21H27ClN2O4S. The fourth-order valence-corrected chi connectivity index (χ4v) is 3.96. The van der Waals surface area contributed by atoms with E-state index in [4.69, 9.17) is 16.3 Å². The van der Waals surface area contributed by atoms with E-state index in [1.165, 1.54) is 23.8 Å². The molecule has 2 rings (SSSR count). The summed E-state index contributed by atoms with van der Waals surface area (Å²) >= 11 is 6.14. The van der Waals surface area contributed by atoms with Crippen molar-refractivity contribution in [1.29, 1.82) is 0 Å². The molecule has 2 aromatic rings. The number of carbonyl (C=O) groups is 1. The summed E-state index contributed by atoms with van der Waals surface area (Å²) in [7, 11) is -3.65. The van der Waals surface area contributed by atoms with Crippen LogP contribution < -0.4 is 14.8 Å². The molecule has 29 heavy (non-hydrogen) atoms. The van der Waals surface area contributed by atoms with Gasteiger partial charge in [0.15, 0.2) is 6.61 Å². The van der Waals surface area contributed by atoms with Gasteiger partial charge < -0.3 is 10.1 Å². The minimum atomic E-state index is -3.65. The van der Waals surface area contributed by atoms with E-state index >= 15 is 0 Å². The van der Waals surface area contributed by atoms with Crippen LogP contribution in [-0.4, -0.2) is 27.5 Å². The van der Waals surface area contributed by atoms with Crippen molar-refractivity contribution in [2.24, 2.45) is 5.92 Å². The quantitative estimate of drug-likeness (QED) is 0.607. The highest BCUT2D eigenvalue weighted by molar-refractivity contribution is 7.89. The standard InChI is InChI=1S/C21H27ClN2O4S/c1-14(2)12-23-29(26,27)18-9-10-20(19(22)11-18)28-13-21(25)24-17-7-5-16(6-8-17)15(3)4/h5-11,14-15,23H,12-13H2,1-4H3,(H,24,25). The molecule has 2 N–H and O–H groups in total. The van der Waals surface area contributed by atoms with E-state index in [0.717, 1.165) is 0 Å². The molecule has 0 spiro atoms. The third kappa shape index (κ3) is 7.03. The van der Waals surface area contributed by atoms with E-state index in [9.17, 15) is 13.2 Å². The van der Waals surface area contributed by atoms with Gasteiger partial charge in [-0.3, -0.25) is 4.79 Å². The Balaban J connectivity index is 1.95. The molecule has 0 heterocycles. The van der Waals surface area contributed by atoms with Gasteiger partial charge in [-0.15, -0.1) is 0 Å². The predicted molar refractivity (Wildman–Crippen MR) is 116 cm³/mol. The van der Waals surface area contributed by atoms with E-state index in [1.54, 1.807) is 0 Å². The molecule has 1 amide bonds. The number of rotatable bonds is 9. The molecule has 0 fully saturated rings. The highest BCUT2D eigenvalue weighted by Gasteiger charge is 2.17. The second-order valence-electron chi connectivity index (χ2n) is 7.45. The fourth-order valence-electron chi connectivity index (χ4n) is 2.42. The zero-order valence-electron chi connectivity index (χ0n) is 17.0. The summed E-state index contributed by atoms with van der Waals surface area (Å²) in [6.07, 6.45) is 0. The topological polar surface area (TPSA) is 84.5 Å². The molecule has 6 nitrogen and oxygen atoms in total. The number of anilines is 1. The van der Waals surface area contributed by atoms with Crippen molar-refractivity contribution in [1.82, 2.24) is 4.72 Å². The fraction of sp³-hybridized carbons (Fsp3) is 0.381. The molecule has 0 unspecified atom stereocenters. The number of hydrogen-bond acceptors (Lipinski definition) is 4. The summed E-state index contributed by atoms with van der Waals surface area (Å²) < 4.78 is 32.5. The van der Waals surface area contributed by atoms with Crippen LogP contribution in [0.2, 0.25) is 5.02 Å². The van der Waals surface area contributed by atoms with Gasteiger partial charge in [0.05, 0.1) is 9.92 Å². The third-order valence-corrected chi connectivity index (χ3v) is 5.83. The van der Waals surface area contributed by atoms with Crippen LogP contribution in [0.15, 0.2) is 47.4 Å². The van der Waals surface area contributed by atoms with Crippen LogP contribution in [0, 0.1) is 5.92 Å². The van der Waals surface area contributed by atoms with Crippen molar-refractivity contribution in [3.63, 3.8) is 0 Å². The lowest BCUT2D eigenvalue weighted by Gasteiger charge is -2.12. The minimum Gasteiger partial charge on any atom is -0.482 e. The predicted octanol–water partition coefficient (Wildman–Crippen LogP) is 4.42. The molecule has 0 bridgehead atoms. The summed E-state index contributed by atoms with van der Waals surface area (Å²) in [5.41, 5.74) is 1.86. The first-order valence-electron chi connectivity index (χ1n) is 9.40. The molecule has 0 saturated carbocycles. The van der Waals surface area contributed by atoms with Gasteiger partial charge in [0.1, 0.15) is 5.75 Å². The van der Waals surface area contributed by atoms with Gasteiger partial charge in [-0.05, 0) is 47.7 Å². The van der Waals surface area contributed by atoms with E-state index in [-0.39, 0.29) is 34.1 Å². The highest BCUT2D eigenvalue weighted by Crippen LogP contribution is 2.27. The zero-order valence-corrected chi connectivity index (χ0v) is 18.6. The number of amides is 1. The van der Waals surface area contributed by atoms with Gasteiger partial charge >= 0.3 is 0 Å². The molecule has 0 aliphatic rings. The lowest BCUT2D eigenvalue weighted by Crippen LogP contribution is -2.27. The van der Waals surface area contributed by atoms with Gasteiger partial charge in [0.25, 0.3) is 5.91 Å². The summed E-state index contributed by atoms with van der Waals surface area (Å²) in [4.78, 5) is 12.2. The Hall–Kier alpha value is -2.09. The van der Waals surface area contributed by atoms with Crippen molar-refractivity contribution in [3.8, 4) is 5.75 Å². The number of carbonyl (C=O) groups excluding carboxylic acids is 1. The molecule has 0 aromatic heterocycles. The van der Waals surface area contributed by atoms with Gasteiger partial charge in [-0.25, -0.2) is 13.1 Å². The number of ether oxygens (including phenoxy) is 1. The van der Waals surface area contributed by atoms with Crippen LogP contribution in [0.25, 0.3) is 0 Å². The van der Waals surface area contributed by atoms with E-state index in [0.29, 0.717) is 18.2 Å². The first-order valence-corrected chi connectivity index (χ1v) is 11.3. The van der Waals surface area contributed by atoms with Crippen LogP contribution in [0.1, 0.15) is 39.2 Å². The van der Waals surface area contributed by atoms with Crippen LogP contribution in [0.4, 0.5) is 5.69 Å². The Kier molecular flexibility index (Phi) is 8.07. The summed E-state index contributed by atoms with van der Waals surface area (Å²) in [5.74, 6) is 0.494. The van der Waals surface area contributed by atoms with Crippen molar-refractivity contribution in [2.75, 3.05) is 18.5 Å². The van der Waals surface area contributed by atoms with Gasteiger partial charge in [0, 0.05) is 12.2 Å². The van der Waals surface area contributed by atoms with Crippen molar-refractivity contribution in [2.45, 2.75) is 38.5 Å². The number of halogens is 1. The highest BCUT2D eigenvalue weighted by atomic mass is 35.5. The summed E-state index contributed by atoms with van der Waals surface area (Å²) in [6, 6.07) is 11.7. The molecule has 158 valence electrons. The third-order valence-electron chi connectivity index (χ3n) is 4.12. The van der Waals surface area contributed by atoms with E-state index in [1.807, 2.05) is 38.1 Å². The molecule has 0 radical (unpaired) electrons. The van der Waals surface area contributed by atoms with Gasteiger partial charge in [-0.2, -0.15) is 0 Å². The van der Waals surface area contributed by atoms with Gasteiger partial charge in [-0.1, -0.05) is 51.4 Å². The number of nitrogens with one attached hydrogen (secondary N) is 2. The maximum atomic E-state index is 12.3. The molecule has 0 aliphatic heterocycles. The van der Waals surface area contributed by atoms with Crippen molar-refractivity contribution in [3.05, 3.63) is 53.1 Å². The minimum absolute atomic E-state index is 0.0465. The molecule has 2 aromatic carbocycles. The van der Waals surface area contributed by atoms with E-state index in [2.05, 4.69) is 23.9 Å². The molecule has 0 atom stereocenters. The summed E-state index contributed by atoms with van der Waals surface area (Å²) in [5, 5.41) is 2.86. The average Bonchev–Trinajstić information content (AvgIpc) is 2.66. The van der Waals surface area contributed by atoms with Crippen molar-refractivity contribution < 1.29 is 17.9 Å².